The number of halogens is 3. The molecule has 3 aromatic rings. The van der Waals surface area contributed by atoms with Crippen molar-refractivity contribution in [2.24, 2.45) is 0 Å². The molecule has 0 saturated carbocycles. The first kappa shape index (κ1) is 25.0. The summed E-state index contributed by atoms with van der Waals surface area (Å²) in [6.45, 7) is 0. The molecule has 0 amide bonds. The lowest BCUT2D eigenvalue weighted by Gasteiger charge is -2.23. The van der Waals surface area contributed by atoms with Gasteiger partial charge in [0.25, 0.3) is 0 Å². The molecule has 0 spiro atoms. The van der Waals surface area contributed by atoms with Crippen LogP contribution in [0, 0.1) is 0 Å². The van der Waals surface area contributed by atoms with Crippen LogP contribution in [0.4, 0.5) is 0 Å². The van der Waals surface area contributed by atoms with Crippen LogP contribution in [0.25, 0.3) is 22.3 Å². The maximum absolute atomic E-state index is 7.10. The largest absolute Gasteiger partial charge is 0.496 e. The highest BCUT2D eigenvalue weighted by molar-refractivity contribution is 6.38. The van der Waals surface area contributed by atoms with Gasteiger partial charge in [-0.1, -0.05) is 34.8 Å². The molecule has 0 aromatic heterocycles. The van der Waals surface area contributed by atoms with Crippen LogP contribution in [0.2, 0.25) is 15.1 Å². The molecule has 3 aromatic carbocycles. The van der Waals surface area contributed by atoms with Crippen molar-refractivity contribution in [3.8, 4) is 56.8 Å². The second kappa shape index (κ2) is 10.5. The maximum atomic E-state index is 7.10. The van der Waals surface area contributed by atoms with Crippen molar-refractivity contribution < 1.29 is 28.4 Å². The fourth-order valence-electron chi connectivity index (χ4n) is 3.66. The van der Waals surface area contributed by atoms with E-state index in [2.05, 4.69) is 0 Å². The quantitative estimate of drug-likeness (QED) is 0.322. The first-order valence-electron chi connectivity index (χ1n) is 9.63. The lowest BCUT2D eigenvalue weighted by Crippen LogP contribution is -2.01. The van der Waals surface area contributed by atoms with E-state index in [4.69, 9.17) is 63.2 Å². The average molecular weight is 514 g/mol. The molecule has 0 bridgehead atoms. The van der Waals surface area contributed by atoms with E-state index < -0.39 is 0 Å². The molecule has 0 heterocycles. The van der Waals surface area contributed by atoms with Crippen LogP contribution in [0.1, 0.15) is 0 Å². The van der Waals surface area contributed by atoms with Crippen LogP contribution in [0.5, 0.6) is 34.5 Å². The fraction of sp³-hybridized carbons (Fsp3) is 0.250. The van der Waals surface area contributed by atoms with Gasteiger partial charge in [-0.15, -0.1) is 0 Å². The van der Waals surface area contributed by atoms with Crippen molar-refractivity contribution in [3.63, 3.8) is 0 Å². The Labute approximate surface area is 207 Å². The monoisotopic (exact) mass is 512 g/mol. The molecule has 176 valence electrons. The Balaban J connectivity index is 2.54. The summed E-state index contributed by atoms with van der Waals surface area (Å²) >= 11 is 19.8. The maximum Gasteiger partial charge on any atom is 0.149 e. The fourth-order valence-corrected chi connectivity index (χ4v) is 4.47. The number of hydrogen-bond acceptors (Lipinski definition) is 6. The second-order valence-electron chi connectivity index (χ2n) is 6.69. The van der Waals surface area contributed by atoms with Crippen molar-refractivity contribution in [3.05, 3.63) is 45.4 Å². The molecule has 0 unspecified atom stereocenters. The third-order valence-corrected chi connectivity index (χ3v) is 5.99. The zero-order chi connectivity index (χ0) is 24.3. The molecule has 0 aliphatic carbocycles. The van der Waals surface area contributed by atoms with Crippen LogP contribution in [0.3, 0.4) is 0 Å². The summed E-state index contributed by atoms with van der Waals surface area (Å²) in [6.07, 6.45) is 0. The Kier molecular flexibility index (Phi) is 7.95. The number of methoxy groups -OCH3 is 6. The van der Waals surface area contributed by atoms with Crippen LogP contribution in [0.15, 0.2) is 30.3 Å². The minimum Gasteiger partial charge on any atom is -0.496 e. The van der Waals surface area contributed by atoms with Gasteiger partial charge in [-0.3, -0.25) is 0 Å². The van der Waals surface area contributed by atoms with Gasteiger partial charge in [0.1, 0.15) is 34.5 Å². The third-order valence-electron chi connectivity index (χ3n) is 5.10. The molecule has 0 atom stereocenters. The summed E-state index contributed by atoms with van der Waals surface area (Å²) in [6, 6.07) is 8.45. The van der Waals surface area contributed by atoms with Gasteiger partial charge >= 0.3 is 0 Å². The van der Waals surface area contributed by atoms with Gasteiger partial charge in [0.2, 0.25) is 0 Å². The molecule has 33 heavy (non-hydrogen) atoms. The topological polar surface area (TPSA) is 55.4 Å². The highest BCUT2D eigenvalue weighted by atomic mass is 35.5. The normalized spacial score (nSPS) is 10.6. The molecule has 6 nitrogen and oxygen atoms in total. The van der Waals surface area contributed by atoms with Crippen LogP contribution in [-0.4, -0.2) is 42.7 Å². The summed E-state index contributed by atoms with van der Waals surface area (Å²) in [4.78, 5) is 0. The van der Waals surface area contributed by atoms with Gasteiger partial charge < -0.3 is 28.4 Å². The molecular weight excluding hydrogens is 491 g/mol. The van der Waals surface area contributed by atoms with Crippen molar-refractivity contribution >= 4 is 34.8 Å². The second-order valence-corrected chi connectivity index (χ2v) is 7.91. The van der Waals surface area contributed by atoms with Crippen molar-refractivity contribution in [2.75, 3.05) is 42.7 Å². The van der Waals surface area contributed by atoms with Crippen molar-refractivity contribution in [2.45, 2.75) is 0 Å². The van der Waals surface area contributed by atoms with Gasteiger partial charge in [0.15, 0.2) is 0 Å². The predicted octanol–water partition coefficient (Wildman–Crippen LogP) is 7.03. The average Bonchev–Trinajstić information content (AvgIpc) is 2.82. The van der Waals surface area contributed by atoms with E-state index in [1.54, 1.807) is 37.4 Å². The zero-order valence-electron chi connectivity index (χ0n) is 19.0. The molecule has 3 rings (SSSR count). The molecule has 0 radical (unpaired) electrons. The summed E-state index contributed by atoms with van der Waals surface area (Å²) in [7, 11) is 9.18. The van der Waals surface area contributed by atoms with Gasteiger partial charge in [-0.05, 0) is 24.3 Å². The van der Waals surface area contributed by atoms with E-state index in [-0.39, 0.29) is 5.02 Å². The van der Waals surface area contributed by atoms with E-state index >= 15 is 0 Å². The summed E-state index contributed by atoms with van der Waals surface area (Å²) in [5.41, 5.74) is 2.06. The Morgan fingerprint density at radius 3 is 1.39 bits per heavy atom. The minimum absolute atomic E-state index is 0.281. The Bertz CT molecular complexity index is 1150. The van der Waals surface area contributed by atoms with E-state index in [9.17, 15) is 0 Å². The van der Waals surface area contributed by atoms with Crippen LogP contribution in [-0.2, 0) is 0 Å². The molecule has 0 aliphatic rings. The number of benzene rings is 3. The Morgan fingerprint density at radius 1 is 0.485 bits per heavy atom. The highest BCUT2D eigenvalue weighted by Crippen LogP contribution is 2.56. The molecular formula is C24H23Cl3O6. The smallest absolute Gasteiger partial charge is 0.149 e. The number of ether oxygens (including phenoxy) is 6. The zero-order valence-corrected chi connectivity index (χ0v) is 21.2. The summed E-state index contributed by atoms with van der Waals surface area (Å²) in [5, 5.41) is 1.10. The van der Waals surface area contributed by atoms with Crippen LogP contribution < -0.4 is 28.4 Å². The third kappa shape index (κ3) is 4.43. The van der Waals surface area contributed by atoms with Gasteiger partial charge in [0.05, 0.1) is 75.0 Å². The molecule has 9 heteroatoms. The molecule has 0 N–H and O–H groups in total. The Hall–Kier alpha value is -2.67. The first-order chi connectivity index (χ1) is 15.9. The predicted molar refractivity (Wildman–Crippen MR) is 132 cm³/mol. The molecule has 0 fully saturated rings. The number of hydrogen-bond donors (Lipinski definition) is 0. The van der Waals surface area contributed by atoms with E-state index in [0.29, 0.717) is 66.8 Å². The highest BCUT2D eigenvalue weighted by Gasteiger charge is 2.29. The van der Waals surface area contributed by atoms with Crippen LogP contribution >= 0.6 is 34.8 Å². The molecule has 0 saturated heterocycles. The summed E-state index contributed by atoms with van der Waals surface area (Å²) < 4.78 is 33.8. The van der Waals surface area contributed by atoms with Crippen molar-refractivity contribution in [1.29, 1.82) is 0 Å². The van der Waals surface area contributed by atoms with Crippen molar-refractivity contribution in [1.82, 2.24) is 0 Å². The lowest BCUT2D eigenvalue weighted by atomic mass is 9.94. The lowest BCUT2D eigenvalue weighted by molar-refractivity contribution is 0.387. The Morgan fingerprint density at radius 2 is 0.939 bits per heavy atom. The van der Waals surface area contributed by atoms with E-state index in [1.807, 2.05) is 0 Å². The van der Waals surface area contributed by atoms with Gasteiger partial charge in [0, 0.05) is 11.1 Å². The molecule has 0 aliphatic heterocycles. The van der Waals surface area contributed by atoms with E-state index in [0.717, 1.165) is 0 Å². The van der Waals surface area contributed by atoms with Gasteiger partial charge in [-0.25, -0.2) is 0 Å². The first-order valence-corrected chi connectivity index (χ1v) is 10.8. The number of rotatable bonds is 8. The van der Waals surface area contributed by atoms with Gasteiger partial charge in [-0.2, -0.15) is 0 Å². The van der Waals surface area contributed by atoms with E-state index in [1.165, 1.54) is 35.5 Å². The minimum atomic E-state index is 0.281. The standard InChI is InChI=1S/C24H23Cl3O6/c1-28-14-8-7-13(26)24(33-6)22(14)21-18(32-5)11-17(31-4)20(23(21)27)19-15(29-2)9-12(25)10-16(19)30-3/h7-11H,1-6H3. The SMILES string of the molecule is COc1cc(Cl)cc(OC)c1-c1c(OC)cc(OC)c(-c2c(OC)ccc(Cl)c2OC)c1Cl. The summed E-state index contributed by atoms with van der Waals surface area (Å²) in [5.74, 6) is 2.61.